The van der Waals surface area contributed by atoms with Crippen LogP contribution in [0.4, 0.5) is 11.5 Å². The molecule has 90 valence electrons. The molecule has 0 unspecified atom stereocenters. The van der Waals surface area contributed by atoms with Crippen LogP contribution in [0.2, 0.25) is 10.4 Å². The number of aromatic nitrogens is 4. The molecule has 3 aromatic rings. The van der Waals surface area contributed by atoms with Crippen LogP contribution in [0.15, 0.2) is 23.7 Å². The summed E-state index contributed by atoms with van der Waals surface area (Å²) in [6.07, 6.45) is 0. The van der Waals surface area contributed by atoms with Crippen LogP contribution in [0.5, 0.6) is 0 Å². The third kappa shape index (κ3) is 2.22. The van der Waals surface area contributed by atoms with Gasteiger partial charge in [0.25, 0.3) is 0 Å². The average molecular weight is 298 g/mol. The van der Waals surface area contributed by atoms with Gasteiger partial charge in [-0.3, -0.25) is 0 Å². The molecule has 3 rings (SSSR count). The highest BCUT2D eigenvalue weighted by atomic mass is 35.5. The predicted octanol–water partition coefficient (Wildman–Crippen LogP) is 3.53. The van der Waals surface area contributed by atoms with Crippen molar-refractivity contribution in [3.63, 3.8) is 0 Å². The van der Waals surface area contributed by atoms with Crippen molar-refractivity contribution in [2.75, 3.05) is 5.32 Å². The lowest BCUT2D eigenvalue weighted by Crippen LogP contribution is -1.98. The lowest BCUT2D eigenvalue weighted by Gasteiger charge is -2.06. The molecular formula is C10H5Cl2N5S. The number of halogens is 2. The van der Waals surface area contributed by atoms with Crippen molar-refractivity contribution >= 4 is 56.3 Å². The third-order valence-corrected chi connectivity index (χ3v) is 3.42. The summed E-state index contributed by atoms with van der Waals surface area (Å²) in [6.45, 7) is 0. The first-order valence-electron chi connectivity index (χ1n) is 4.88. The Morgan fingerprint density at radius 2 is 2.06 bits per heavy atom. The van der Waals surface area contributed by atoms with Gasteiger partial charge in [-0.25, -0.2) is 4.98 Å². The quantitative estimate of drug-likeness (QED) is 0.784. The van der Waals surface area contributed by atoms with E-state index in [0.717, 1.165) is 15.9 Å². The molecule has 0 aliphatic heterocycles. The molecule has 0 saturated carbocycles. The molecule has 0 amide bonds. The van der Waals surface area contributed by atoms with Crippen LogP contribution < -0.4 is 5.32 Å². The highest BCUT2D eigenvalue weighted by molar-refractivity contribution is 7.16. The summed E-state index contributed by atoms with van der Waals surface area (Å²) >= 11 is 13.1. The number of nitrogens with one attached hydrogen (secondary N) is 1. The summed E-state index contributed by atoms with van der Waals surface area (Å²) in [5, 5.41) is 10.5. The largest absolute Gasteiger partial charge is 0.337 e. The van der Waals surface area contributed by atoms with Gasteiger partial charge < -0.3 is 5.32 Å². The molecule has 8 heteroatoms. The first kappa shape index (κ1) is 11.6. The van der Waals surface area contributed by atoms with Crippen molar-refractivity contribution in [1.29, 1.82) is 0 Å². The molecule has 2 aromatic heterocycles. The van der Waals surface area contributed by atoms with E-state index < -0.39 is 0 Å². The molecule has 0 saturated heterocycles. The van der Waals surface area contributed by atoms with Crippen LogP contribution in [-0.2, 0) is 0 Å². The van der Waals surface area contributed by atoms with Crippen LogP contribution >= 0.6 is 34.5 Å². The van der Waals surface area contributed by atoms with Gasteiger partial charge in [-0.2, -0.15) is 4.98 Å². The Bertz CT molecular complexity index is 714. The van der Waals surface area contributed by atoms with Crippen molar-refractivity contribution in [3.8, 4) is 0 Å². The molecule has 5 nitrogen and oxygen atoms in total. The lowest BCUT2D eigenvalue weighted by atomic mass is 10.3. The van der Waals surface area contributed by atoms with Gasteiger partial charge in [0.2, 0.25) is 5.28 Å². The zero-order chi connectivity index (χ0) is 12.5. The fraction of sp³-hybridized carbons (Fsp3) is 0. The standard InChI is InChI=1S/C10H5Cl2N5S/c11-8-9(15-10(12)17-16-8)14-5-1-2-6-7(3-5)18-4-13-6/h1-4H,(H,14,15,17). The Hall–Kier alpha value is -1.50. The second-order valence-electron chi connectivity index (χ2n) is 3.38. The monoisotopic (exact) mass is 297 g/mol. The molecule has 1 aromatic carbocycles. The van der Waals surface area contributed by atoms with E-state index in [1.807, 2.05) is 18.2 Å². The number of anilines is 2. The zero-order valence-electron chi connectivity index (χ0n) is 8.76. The zero-order valence-corrected chi connectivity index (χ0v) is 11.1. The molecule has 0 bridgehead atoms. The number of fused-ring (bicyclic) bond motifs is 1. The first-order valence-corrected chi connectivity index (χ1v) is 6.52. The minimum absolute atomic E-state index is 0.0424. The van der Waals surface area contributed by atoms with E-state index >= 15 is 0 Å². The minimum Gasteiger partial charge on any atom is -0.337 e. The van der Waals surface area contributed by atoms with Gasteiger partial charge in [0, 0.05) is 5.69 Å². The Labute approximate surface area is 116 Å². The van der Waals surface area contributed by atoms with Gasteiger partial charge in [-0.15, -0.1) is 21.5 Å². The number of rotatable bonds is 2. The lowest BCUT2D eigenvalue weighted by molar-refractivity contribution is 0.975. The van der Waals surface area contributed by atoms with E-state index in [0.29, 0.717) is 5.82 Å². The van der Waals surface area contributed by atoms with E-state index in [2.05, 4.69) is 25.5 Å². The maximum Gasteiger partial charge on any atom is 0.245 e. The van der Waals surface area contributed by atoms with Gasteiger partial charge in [0.05, 0.1) is 15.7 Å². The van der Waals surface area contributed by atoms with Crippen molar-refractivity contribution < 1.29 is 0 Å². The number of benzene rings is 1. The second kappa shape index (κ2) is 4.64. The van der Waals surface area contributed by atoms with Crippen LogP contribution in [0.1, 0.15) is 0 Å². The van der Waals surface area contributed by atoms with Crippen molar-refractivity contribution in [3.05, 3.63) is 34.1 Å². The van der Waals surface area contributed by atoms with Crippen LogP contribution in [0, 0.1) is 0 Å². The van der Waals surface area contributed by atoms with Gasteiger partial charge in [0.15, 0.2) is 11.0 Å². The predicted molar refractivity (Wildman–Crippen MR) is 72.7 cm³/mol. The number of nitrogens with zero attached hydrogens (tertiary/aromatic N) is 4. The Morgan fingerprint density at radius 3 is 2.94 bits per heavy atom. The van der Waals surface area contributed by atoms with Crippen molar-refractivity contribution in [1.82, 2.24) is 20.2 Å². The Morgan fingerprint density at radius 1 is 1.17 bits per heavy atom. The van der Waals surface area contributed by atoms with Gasteiger partial charge in [-0.05, 0) is 29.8 Å². The SMILES string of the molecule is Clc1nnc(Cl)c(Nc2ccc3ncsc3c2)n1. The Kier molecular flexibility index (Phi) is 2.99. The second-order valence-corrected chi connectivity index (χ2v) is 4.96. The Balaban J connectivity index is 1.97. The fourth-order valence-corrected chi connectivity index (χ4v) is 2.41. The maximum atomic E-state index is 5.88. The van der Waals surface area contributed by atoms with E-state index in [4.69, 9.17) is 23.2 Å². The molecule has 2 heterocycles. The third-order valence-electron chi connectivity index (χ3n) is 2.21. The number of hydrogen-bond acceptors (Lipinski definition) is 6. The molecule has 1 N–H and O–H groups in total. The minimum atomic E-state index is 0.0424. The summed E-state index contributed by atoms with van der Waals surface area (Å²) in [4.78, 5) is 8.18. The molecule has 0 fully saturated rings. The number of thiazole rings is 1. The summed E-state index contributed by atoms with van der Waals surface area (Å²) in [5.41, 5.74) is 3.59. The molecule has 0 aliphatic rings. The molecular weight excluding hydrogens is 293 g/mol. The maximum absolute atomic E-state index is 5.88. The van der Waals surface area contributed by atoms with Crippen LogP contribution in [0.25, 0.3) is 10.2 Å². The van der Waals surface area contributed by atoms with E-state index in [-0.39, 0.29) is 10.4 Å². The summed E-state index contributed by atoms with van der Waals surface area (Å²) in [7, 11) is 0. The molecule has 0 radical (unpaired) electrons. The first-order chi connectivity index (χ1) is 8.72. The summed E-state index contributed by atoms with van der Waals surface area (Å²) in [5.74, 6) is 0.375. The van der Waals surface area contributed by atoms with E-state index in [9.17, 15) is 0 Å². The highest BCUT2D eigenvalue weighted by Crippen LogP contribution is 2.26. The van der Waals surface area contributed by atoms with Crippen molar-refractivity contribution in [2.24, 2.45) is 0 Å². The highest BCUT2D eigenvalue weighted by Gasteiger charge is 2.07. The summed E-state index contributed by atoms with van der Waals surface area (Å²) < 4.78 is 1.07. The van der Waals surface area contributed by atoms with E-state index in [1.165, 1.54) is 0 Å². The fourth-order valence-electron chi connectivity index (χ4n) is 1.44. The number of hydrogen-bond donors (Lipinski definition) is 1. The summed E-state index contributed by atoms with van der Waals surface area (Å²) in [6, 6.07) is 5.76. The smallest absolute Gasteiger partial charge is 0.245 e. The molecule has 0 atom stereocenters. The van der Waals surface area contributed by atoms with Crippen LogP contribution in [0.3, 0.4) is 0 Å². The van der Waals surface area contributed by atoms with Gasteiger partial charge in [-0.1, -0.05) is 11.6 Å². The van der Waals surface area contributed by atoms with Crippen molar-refractivity contribution in [2.45, 2.75) is 0 Å². The van der Waals surface area contributed by atoms with E-state index in [1.54, 1.807) is 16.8 Å². The molecule has 18 heavy (non-hydrogen) atoms. The van der Waals surface area contributed by atoms with Crippen LogP contribution in [-0.4, -0.2) is 20.2 Å². The normalized spacial score (nSPS) is 10.8. The molecule has 0 spiro atoms. The van der Waals surface area contributed by atoms with Gasteiger partial charge in [0.1, 0.15) is 0 Å². The molecule has 0 aliphatic carbocycles. The average Bonchev–Trinajstić information content (AvgIpc) is 2.81. The van der Waals surface area contributed by atoms with Gasteiger partial charge >= 0.3 is 0 Å². The topological polar surface area (TPSA) is 63.6 Å².